The highest BCUT2D eigenvalue weighted by Crippen LogP contribution is 2.33. The van der Waals surface area contributed by atoms with Gasteiger partial charge in [-0.05, 0) is 73.5 Å². The van der Waals surface area contributed by atoms with Crippen molar-refractivity contribution in [1.82, 2.24) is 5.32 Å². The summed E-state index contributed by atoms with van der Waals surface area (Å²) in [6.07, 6.45) is 3.22. The first-order chi connectivity index (χ1) is 15.3. The molecule has 1 unspecified atom stereocenters. The van der Waals surface area contributed by atoms with Crippen molar-refractivity contribution >= 4 is 58.0 Å². The number of thiocarbonyl (C=S) groups is 1. The summed E-state index contributed by atoms with van der Waals surface area (Å²) in [7, 11) is 0. The van der Waals surface area contributed by atoms with E-state index in [1.54, 1.807) is 36.4 Å². The number of hydrogen-bond acceptors (Lipinski definition) is 6. The third kappa shape index (κ3) is 4.45. The van der Waals surface area contributed by atoms with E-state index in [1.165, 1.54) is 17.0 Å². The number of hydrogen-bond donors (Lipinski definition) is 2. The molecule has 2 N–H and O–H groups in total. The summed E-state index contributed by atoms with van der Waals surface area (Å²) < 4.78 is 0. The van der Waals surface area contributed by atoms with Crippen molar-refractivity contribution < 1.29 is 14.8 Å². The Bertz CT molecular complexity index is 1100. The molecule has 0 saturated carbocycles. The molecule has 166 valence electrons. The minimum absolute atomic E-state index is 0.0218. The van der Waals surface area contributed by atoms with E-state index < -0.39 is 17.1 Å². The highest BCUT2D eigenvalue weighted by molar-refractivity contribution is 7.80. The van der Waals surface area contributed by atoms with Crippen molar-refractivity contribution in [2.45, 2.75) is 25.5 Å². The number of carbonyl (C=O) groups excluding carboxylic acids is 1. The van der Waals surface area contributed by atoms with Crippen molar-refractivity contribution in [1.29, 1.82) is 0 Å². The SMILES string of the molecule is O=C1/C(=C/c2ccc(N3CCCCC3)c([N+](=O)[O-])c2)C(O)NC(=S)N1c1ccc(Cl)cc1. The summed E-state index contributed by atoms with van der Waals surface area (Å²) in [5.74, 6) is -0.522. The van der Waals surface area contributed by atoms with Gasteiger partial charge < -0.3 is 15.3 Å². The van der Waals surface area contributed by atoms with Gasteiger partial charge in [0.2, 0.25) is 0 Å². The number of piperidine rings is 1. The van der Waals surface area contributed by atoms with Gasteiger partial charge in [0.15, 0.2) is 11.3 Å². The molecule has 1 amide bonds. The molecule has 32 heavy (non-hydrogen) atoms. The van der Waals surface area contributed by atoms with Crippen LogP contribution in [0.15, 0.2) is 48.0 Å². The van der Waals surface area contributed by atoms with Crippen molar-refractivity contribution in [2.75, 3.05) is 22.9 Å². The second-order valence-corrected chi connectivity index (χ2v) is 8.44. The van der Waals surface area contributed by atoms with Gasteiger partial charge in [-0.25, -0.2) is 0 Å². The summed E-state index contributed by atoms with van der Waals surface area (Å²) in [6, 6.07) is 11.4. The molecule has 2 aromatic rings. The number of nitrogens with one attached hydrogen (secondary N) is 1. The van der Waals surface area contributed by atoms with Gasteiger partial charge >= 0.3 is 0 Å². The Morgan fingerprint density at radius 1 is 1.16 bits per heavy atom. The van der Waals surface area contributed by atoms with Crippen LogP contribution in [0.5, 0.6) is 0 Å². The van der Waals surface area contributed by atoms with Gasteiger partial charge in [0.1, 0.15) is 5.69 Å². The van der Waals surface area contributed by atoms with Crippen LogP contribution in [0.25, 0.3) is 6.08 Å². The summed E-state index contributed by atoms with van der Waals surface area (Å²) in [5, 5.41) is 25.4. The Morgan fingerprint density at radius 3 is 2.50 bits per heavy atom. The normalized spacial score (nSPS) is 20.4. The number of aliphatic hydroxyl groups is 1. The van der Waals surface area contributed by atoms with Gasteiger partial charge in [0.05, 0.1) is 16.2 Å². The lowest BCUT2D eigenvalue weighted by atomic mass is 10.0. The molecular formula is C22H21ClN4O4S. The molecule has 2 fully saturated rings. The monoisotopic (exact) mass is 472 g/mol. The van der Waals surface area contributed by atoms with Gasteiger partial charge in [-0.1, -0.05) is 17.7 Å². The minimum Gasteiger partial charge on any atom is -0.369 e. The van der Waals surface area contributed by atoms with Gasteiger partial charge in [0, 0.05) is 24.2 Å². The van der Waals surface area contributed by atoms with Crippen molar-refractivity contribution in [3.8, 4) is 0 Å². The zero-order valence-electron chi connectivity index (χ0n) is 17.0. The highest BCUT2D eigenvalue weighted by atomic mass is 35.5. The first-order valence-electron chi connectivity index (χ1n) is 10.2. The van der Waals surface area contributed by atoms with E-state index in [2.05, 4.69) is 5.32 Å². The molecule has 2 aliphatic heterocycles. The fourth-order valence-electron chi connectivity index (χ4n) is 3.92. The first kappa shape index (κ1) is 22.2. The van der Waals surface area contributed by atoms with Crippen LogP contribution in [0.3, 0.4) is 0 Å². The molecule has 4 rings (SSSR count). The first-order valence-corrected chi connectivity index (χ1v) is 11.0. The maximum absolute atomic E-state index is 13.2. The van der Waals surface area contributed by atoms with Crippen LogP contribution in [0.2, 0.25) is 5.02 Å². The lowest BCUT2D eigenvalue weighted by molar-refractivity contribution is -0.384. The molecule has 0 radical (unpaired) electrons. The number of anilines is 2. The van der Waals surface area contributed by atoms with Crippen LogP contribution in [-0.4, -0.2) is 40.4 Å². The minimum atomic E-state index is -1.33. The van der Waals surface area contributed by atoms with Crippen LogP contribution >= 0.6 is 23.8 Å². The standard InChI is InChI=1S/C22H21ClN4O4S/c23-15-5-7-16(8-6-15)26-21(29)17(20(28)24-22(26)32)12-14-4-9-18(19(13-14)27(30)31)25-10-2-1-3-11-25/h4-9,12-13,20,28H,1-3,10-11H2,(H,24,32)/b17-12+. The Labute approximate surface area is 195 Å². The smallest absolute Gasteiger partial charge is 0.293 e. The van der Waals surface area contributed by atoms with E-state index in [1.807, 2.05) is 4.90 Å². The van der Waals surface area contributed by atoms with Crippen LogP contribution in [0.4, 0.5) is 17.1 Å². The molecular weight excluding hydrogens is 452 g/mol. The van der Waals surface area contributed by atoms with E-state index in [4.69, 9.17) is 23.8 Å². The zero-order chi connectivity index (χ0) is 22.8. The number of nitrogens with zero attached hydrogens (tertiary/aromatic N) is 3. The average Bonchev–Trinajstić information content (AvgIpc) is 2.78. The molecule has 1 atom stereocenters. The molecule has 10 heteroatoms. The highest BCUT2D eigenvalue weighted by Gasteiger charge is 2.34. The summed E-state index contributed by atoms with van der Waals surface area (Å²) >= 11 is 11.2. The fraction of sp³-hybridized carbons (Fsp3) is 0.273. The van der Waals surface area contributed by atoms with Gasteiger partial charge in [-0.15, -0.1) is 0 Å². The molecule has 2 heterocycles. The summed E-state index contributed by atoms with van der Waals surface area (Å²) in [5.41, 5.74) is 1.48. The number of aliphatic hydroxyl groups excluding tert-OH is 1. The molecule has 2 aromatic carbocycles. The second kappa shape index (κ2) is 9.23. The lowest BCUT2D eigenvalue weighted by Crippen LogP contribution is -2.56. The van der Waals surface area contributed by atoms with Gasteiger partial charge in [0.25, 0.3) is 11.6 Å². The maximum atomic E-state index is 13.2. The zero-order valence-corrected chi connectivity index (χ0v) is 18.6. The number of carbonyl (C=O) groups is 1. The van der Waals surface area contributed by atoms with Crippen LogP contribution in [0.1, 0.15) is 24.8 Å². The maximum Gasteiger partial charge on any atom is 0.293 e. The van der Waals surface area contributed by atoms with Gasteiger partial charge in [-0.2, -0.15) is 0 Å². The number of rotatable bonds is 4. The van der Waals surface area contributed by atoms with E-state index in [9.17, 15) is 20.0 Å². The Balaban J connectivity index is 1.69. The molecule has 0 aromatic heterocycles. The predicted molar refractivity (Wildman–Crippen MR) is 128 cm³/mol. The topological polar surface area (TPSA) is 99.0 Å². The van der Waals surface area contributed by atoms with Crippen molar-refractivity contribution in [3.63, 3.8) is 0 Å². The van der Waals surface area contributed by atoms with E-state index in [0.29, 0.717) is 22.0 Å². The quantitative estimate of drug-likeness (QED) is 0.301. The summed E-state index contributed by atoms with van der Waals surface area (Å²) in [6.45, 7) is 1.55. The van der Waals surface area contributed by atoms with E-state index >= 15 is 0 Å². The molecule has 2 saturated heterocycles. The molecule has 2 aliphatic rings. The molecule has 0 spiro atoms. The van der Waals surface area contributed by atoms with Gasteiger partial charge in [-0.3, -0.25) is 19.8 Å². The third-order valence-electron chi connectivity index (χ3n) is 5.51. The van der Waals surface area contributed by atoms with E-state index in [-0.39, 0.29) is 16.4 Å². The van der Waals surface area contributed by atoms with Crippen LogP contribution < -0.4 is 15.1 Å². The number of halogens is 1. The van der Waals surface area contributed by atoms with Crippen LogP contribution in [0, 0.1) is 10.1 Å². The number of amides is 1. The number of benzene rings is 2. The Hall–Kier alpha value is -3.01. The summed E-state index contributed by atoms with van der Waals surface area (Å²) in [4.78, 5) is 27.8. The average molecular weight is 473 g/mol. The lowest BCUT2D eigenvalue weighted by Gasteiger charge is -2.33. The third-order valence-corrected chi connectivity index (χ3v) is 6.06. The number of nitro benzene ring substituents is 1. The van der Waals surface area contributed by atoms with E-state index in [0.717, 1.165) is 32.4 Å². The van der Waals surface area contributed by atoms with Crippen molar-refractivity contribution in [3.05, 3.63) is 68.7 Å². The number of nitro groups is 1. The Morgan fingerprint density at radius 2 is 1.84 bits per heavy atom. The molecule has 0 bridgehead atoms. The molecule has 8 nitrogen and oxygen atoms in total. The second-order valence-electron chi connectivity index (χ2n) is 7.62. The molecule has 0 aliphatic carbocycles. The van der Waals surface area contributed by atoms with Crippen LogP contribution in [-0.2, 0) is 4.79 Å². The van der Waals surface area contributed by atoms with Crippen molar-refractivity contribution in [2.24, 2.45) is 0 Å². The predicted octanol–water partition coefficient (Wildman–Crippen LogP) is 3.86. The largest absolute Gasteiger partial charge is 0.369 e. The Kier molecular flexibility index (Phi) is 6.40. The fourth-order valence-corrected chi connectivity index (χ4v) is 4.35.